The van der Waals surface area contributed by atoms with E-state index in [4.69, 9.17) is 10.5 Å². The summed E-state index contributed by atoms with van der Waals surface area (Å²) in [4.78, 5) is 0. The number of rotatable bonds is 13. The molecule has 3 rings (SSSR count). The molecule has 266 valence electrons. The number of benzene rings is 3. The monoisotopic (exact) mass is 654 g/mol. The van der Waals surface area contributed by atoms with Gasteiger partial charge < -0.3 is 10.5 Å². The van der Waals surface area contributed by atoms with Gasteiger partial charge in [0.1, 0.15) is 0 Å². The van der Waals surface area contributed by atoms with Crippen LogP contribution in [0.2, 0.25) is 0 Å². The Morgan fingerprint density at radius 2 is 0.917 bits per heavy atom. The second-order valence-corrected chi connectivity index (χ2v) is 20.5. The zero-order chi connectivity index (χ0) is 36.3. The van der Waals surface area contributed by atoms with Crippen molar-refractivity contribution in [2.75, 3.05) is 6.73 Å². The topological polar surface area (TPSA) is 35.2 Å². The maximum atomic E-state index is 5.80. The summed E-state index contributed by atoms with van der Waals surface area (Å²) in [6.45, 7) is 36.3. The van der Waals surface area contributed by atoms with E-state index in [2.05, 4.69) is 165 Å². The predicted molar refractivity (Wildman–Crippen MR) is 210 cm³/mol. The van der Waals surface area contributed by atoms with Crippen LogP contribution in [0.5, 0.6) is 0 Å². The molecule has 0 atom stereocenters. The molecule has 0 aliphatic heterocycles. The van der Waals surface area contributed by atoms with E-state index in [1.165, 1.54) is 44.5 Å². The minimum absolute atomic E-state index is 0.0433. The van der Waals surface area contributed by atoms with E-state index in [9.17, 15) is 0 Å². The van der Waals surface area contributed by atoms with Crippen LogP contribution in [0, 0.1) is 16.2 Å². The summed E-state index contributed by atoms with van der Waals surface area (Å²) in [7, 11) is 0. The van der Waals surface area contributed by atoms with Gasteiger partial charge in [0, 0.05) is 0 Å². The van der Waals surface area contributed by atoms with Crippen LogP contribution in [0.4, 0.5) is 0 Å². The second-order valence-electron chi connectivity index (χ2n) is 20.5. The van der Waals surface area contributed by atoms with E-state index < -0.39 is 0 Å². The zero-order valence-electron chi connectivity index (χ0n) is 33.7. The lowest BCUT2D eigenvalue weighted by Crippen LogP contribution is -2.25. The summed E-state index contributed by atoms with van der Waals surface area (Å²) in [5, 5.41) is 0. The highest BCUT2D eigenvalue weighted by Crippen LogP contribution is 2.40. The van der Waals surface area contributed by atoms with E-state index in [0.29, 0.717) is 6.61 Å². The molecule has 2 N–H and O–H groups in total. The minimum atomic E-state index is 0.0433. The van der Waals surface area contributed by atoms with Crippen LogP contribution in [0.25, 0.3) is 0 Å². The summed E-state index contributed by atoms with van der Waals surface area (Å²) < 4.78 is 5.79. The first-order valence-corrected chi connectivity index (χ1v) is 18.4. The molecule has 2 heteroatoms. The van der Waals surface area contributed by atoms with Crippen molar-refractivity contribution in [1.29, 1.82) is 0 Å². The van der Waals surface area contributed by atoms with Crippen molar-refractivity contribution in [3.8, 4) is 0 Å². The third-order valence-electron chi connectivity index (χ3n) is 9.63. The maximum Gasteiger partial charge on any atom is 0.0944 e. The third-order valence-corrected chi connectivity index (χ3v) is 9.63. The van der Waals surface area contributed by atoms with E-state index >= 15 is 0 Å². The van der Waals surface area contributed by atoms with E-state index in [-0.39, 0.29) is 39.2 Å². The molecule has 0 saturated heterocycles. The highest BCUT2D eigenvalue weighted by Gasteiger charge is 2.30. The first-order chi connectivity index (χ1) is 21.8. The van der Waals surface area contributed by atoms with Crippen molar-refractivity contribution in [3.05, 3.63) is 105 Å². The third kappa shape index (κ3) is 12.2. The Bertz CT molecular complexity index is 1500. The Morgan fingerprint density at radius 3 is 1.42 bits per heavy atom. The average molecular weight is 654 g/mol. The second kappa shape index (κ2) is 14.8. The number of hydrogen-bond acceptors (Lipinski definition) is 2. The molecule has 0 aliphatic carbocycles. The highest BCUT2D eigenvalue weighted by molar-refractivity contribution is 5.43. The van der Waals surface area contributed by atoms with Crippen LogP contribution in [0.15, 0.2) is 60.7 Å². The Balaban J connectivity index is 2.13. The van der Waals surface area contributed by atoms with Crippen molar-refractivity contribution in [3.63, 3.8) is 0 Å². The van der Waals surface area contributed by atoms with Crippen LogP contribution in [-0.4, -0.2) is 6.73 Å². The predicted octanol–water partition coefficient (Wildman–Crippen LogP) is 12.4. The van der Waals surface area contributed by atoms with Gasteiger partial charge in [-0.05, 0) is 109 Å². The van der Waals surface area contributed by atoms with Gasteiger partial charge >= 0.3 is 0 Å². The summed E-state index contributed by atoms with van der Waals surface area (Å²) in [5.74, 6) is 0. The Kier molecular flexibility index (Phi) is 12.4. The number of nitrogens with two attached hydrogens (primary N) is 1. The normalized spacial score (nSPS) is 13.7. The standard InChI is InChI=1S/C46H71NO/c1-41(2,3)29-44(10,11)38-18-16-17-33(24-38)21-34-22-35(26-40(25-34)46(14,15)31-43(7,8)9)23-37-27-39(20-19-36(37)28-48-32-47)45(12,13)30-42(4,5)6/h16-20,22,24-27H,21,23,28-32,47H2,1-15H3. The molecule has 0 heterocycles. The van der Waals surface area contributed by atoms with E-state index in [0.717, 1.165) is 32.1 Å². The van der Waals surface area contributed by atoms with Crippen LogP contribution >= 0.6 is 0 Å². The van der Waals surface area contributed by atoms with Gasteiger partial charge in [0.2, 0.25) is 0 Å². The fourth-order valence-corrected chi connectivity index (χ4v) is 8.72. The molecule has 3 aromatic rings. The largest absolute Gasteiger partial charge is 0.362 e. The highest BCUT2D eigenvalue weighted by atomic mass is 16.5. The van der Waals surface area contributed by atoms with Gasteiger partial charge in [0.05, 0.1) is 13.3 Å². The van der Waals surface area contributed by atoms with Gasteiger partial charge in [-0.15, -0.1) is 0 Å². The molecule has 0 bridgehead atoms. The molecule has 0 fully saturated rings. The SMILES string of the molecule is CC(C)(C)CC(C)(C)c1cccc(Cc2cc(Cc3cc(C(C)(C)CC(C)(C)C)ccc3COCN)cc(C(C)(C)CC(C)(C)C)c2)c1. The maximum absolute atomic E-state index is 5.80. The van der Waals surface area contributed by atoms with Crippen molar-refractivity contribution >= 4 is 0 Å². The fraction of sp³-hybridized carbons (Fsp3) is 0.609. The van der Waals surface area contributed by atoms with Crippen LogP contribution in [0.1, 0.15) is 168 Å². The number of hydrogen-bond donors (Lipinski definition) is 1. The molecule has 0 aliphatic rings. The number of ether oxygens (including phenoxy) is 1. The smallest absolute Gasteiger partial charge is 0.0944 e. The zero-order valence-corrected chi connectivity index (χ0v) is 33.7. The lowest BCUT2D eigenvalue weighted by atomic mass is 9.71. The molecular weight excluding hydrogens is 583 g/mol. The summed E-state index contributed by atoms with van der Waals surface area (Å²) in [6.07, 6.45) is 5.17. The van der Waals surface area contributed by atoms with Gasteiger partial charge in [0.15, 0.2) is 0 Å². The molecule has 0 unspecified atom stereocenters. The minimum Gasteiger partial charge on any atom is -0.362 e. The Morgan fingerprint density at radius 1 is 0.458 bits per heavy atom. The van der Waals surface area contributed by atoms with Crippen molar-refractivity contribution in [2.24, 2.45) is 22.0 Å². The van der Waals surface area contributed by atoms with Crippen LogP contribution in [-0.2, 0) is 40.4 Å². The molecule has 0 saturated carbocycles. The van der Waals surface area contributed by atoms with Gasteiger partial charge in [-0.3, -0.25) is 0 Å². The molecule has 0 radical (unpaired) electrons. The first kappa shape index (κ1) is 40.0. The molecular formula is C46H71NO. The summed E-state index contributed by atoms with van der Waals surface area (Å²) >= 11 is 0. The van der Waals surface area contributed by atoms with E-state index in [1.54, 1.807) is 0 Å². The summed E-state index contributed by atoms with van der Waals surface area (Å²) in [6, 6.07) is 23.8. The van der Waals surface area contributed by atoms with Gasteiger partial charge in [0.25, 0.3) is 0 Å². The Labute approximate surface area is 296 Å². The van der Waals surface area contributed by atoms with Gasteiger partial charge in [-0.1, -0.05) is 165 Å². The first-order valence-electron chi connectivity index (χ1n) is 18.4. The Hall–Kier alpha value is -2.42. The molecule has 0 amide bonds. The average Bonchev–Trinajstić information content (AvgIpc) is 2.88. The van der Waals surface area contributed by atoms with Crippen molar-refractivity contribution in [2.45, 2.75) is 159 Å². The molecule has 3 aromatic carbocycles. The fourth-order valence-electron chi connectivity index (χ4n) is 8.72. The van der Waals surface area contributed by atoms with Crippen molar-refractivity contribution < 1.29 is 4.74 Å². The molecule has 0 spiro atoms. The lowest BCUT2D eigenvalue weighted by Gasteiger charge is -2.34. The van der Waals surface area contributed by atoms with E-state index in [1.807, 2.05) is 0 Å². The van der Waals surface area contributed by atoms with Crippen LogP contribution in [0.3, 0.4) is 0 Å². The quantitative estimate of drug-likeness (QED) is 0.186. The van der Waals surface area contributed by atoms with Crippen LogP contribution < -0.4 is 5.73 Å². The molecule has 48 heavy (non-hydrogen) atoms. The summed E-state index contributed by atoms with van der Waals surface area (Å²) in [5.41, 5.74) is 17.7. The van der Waals surface area contributed by atoms with Gasteiger partial charge in [-0.2, -0.15) is 0 Å². The van der Waals surface area contributed by atoms with Gasteiger partial charge in [-0.25, -0.2) is 0 Å². The lowest BCUT2D eigenvalue weighted by molar-refractivity contribution is 0.127. The molecule has 0 aromatic heterocycles. The molecule has 2 nitrogen and oxygen atoms in total. The van der Waals surface area contributed by atoms with Crippen molar-refractivity contribution in [1.82, 2.24) is 0 Å².